The van der Waals surface area contributed by atoms with E-state index in [0.717, 1.165) is 45.2 Å². The minimum atomic E-state index is 0.0193. The summed E-state index contributed by atoms with van der Waals surface area (Å²) >= 11 is 0. The SMILES string of the molecule is CCN1CCCCCCN(C(C)=O)[C@@H](CC(C)C)COc2ccccc2C1=O. The maximum Gasteiger partial charge on any atom is 0.257 e. The van der Waals surface area contributed by atoms with Crippen LogP contribution in [0.2, 0.25) is 0 Å². The molecular formula is C23H36N2O3. The largest absolute Gasteiger partial charge is 0.491 e. The Morgan fingerprint density at radius 1 is 1.14 bits per heavy atom. The van der Waals surface area contributed by atoms with Crippen molar-refractivity contribution in [2.45, 2.75) is 65.8 Å². The number of fused-ring (bicyclic) bond motifs is 1. The van der Waals surface area contributed by atoms with Gasteiger partial charge in [-0.2, -0.15) is 0 Å². The van der Waals surface area contributed by atoms with Crippen molar-refractivity contribution < 1.29 is 14.3 Å². The Morgan fingerprint density at radius 3 is 2.46 bits per heavy atom. The summed E-state index contributed by atoms with van der Waals surface area (Å²) in [6.07, 6.45) is 5.00. The highest BCUT2D eigenvalue weighted by atomic mass is 16.5. The van der Waals surface area contributed by atoms with Crippen LogP contribution in [0.5, 0.6) is 5.75 Å². The predicted molar refractivity (Wildman–Crippen MR) is 113 cm³/mol. The molecule has 0 saturated heterocycles. The predicted octanol–water partition coefficient (Wildman–Crippen LogP) is 4.36. The Hall–Kier alpha value is -2.04. The fraction of sp³-hybridized carbons (Fsp3) is 0.652. The molecule has 0 aromatic heterocycles. The second-order valence-corrected chi connectivity index (χ2v) is 8.10. The van der Waals surface area contributed by atoms with Gasteiger partial charge >= 0.3 is 0 Å². The molecule has 1 aliphatic heterocycles. The van der Waals surface area contributed by atoms with Crippen LogP contribution in [0.15, 0.2) is 24.3 Å². The van der Waals surface area contributed by atoms with Crippen LogP contribution in [0.1, 0.15) is 70.2 Å². The molecule has 156 valence electrons. The van der Waals surface area contributed by atoms with Gasteiger partial charge in [-0.3, -0.25) is 9.59 Å². The van der Waals surface area contributed by atoms with Gasteiger partial charge in [0.15, 0.2) is 0 Å². The maximum atomic E-state index is 13.1. The lowest BCUT2D eigenvalue weighted by Gasteiger charge is -2.33. The molecule has 2 rings (SSSR count). The lowest BCUT2D eigenvalue weighted by atomic mass is 10.0. The van der Waals surface area contributed by atoms with E-state index in [2.05, 4.69) is 13.8 Å². The van der Waals surface area contributed by atoms with Crippen molar-refractivity contribution in [3.8, 4) is 5.75 Å². The fourth-order valence-electron chi connectivity index (χ4n) is 3.89. The highest BCUT2D eigenvalue weighted by Gasteiger charge is 2.25. The highest BCUT2D eigenvalue weighted by molar-refractivity contribution is 5.96. The van der Waals surface area contributed by atoms with Gasteiger partial charge in [0.2, 0.25) is 5.91 Å². The second kappa shape index (κ2) is 11.1. The molecule has 28 heavy (non-hydrogen) atoms. The van der Waals surface area contributed by atoms with E-state index in [0.29, 0.717) is 30.4 Å². The molecule has 1 heterocycles. The van der Waals surface area contributed by atoms with E-state index in [9.17, 15) is 9.59 Å². The summed E-state index contributed by atoms with van der Waals surface area (Å²) in [4.78, 5) is 29.2. The van der Waals surface area contributed by atoms with E-state index in [1.54, 1.807) is 6.92 Å². The molecule has 0 spiro atoms. The van der Waals surface area contributed by atoms with Gasteiger partial charge in [-0.15, -0.1) is 0 Å². The lowest BCUT2D eigenvalue weighted by Crippen LogP contribution is -2.44. The van der Waals surface area contributed by atoms with Crippen molar-refractivity contribution in [3.05, 3.63) is 29.8 Å². The third kappa shape index (κ3) is 6.25. The number of hydrogen-bond acceptors (Lipinski definition) is 3. The van der Waals surface area contributed by atoms with E-state index in [1.165, 1.54) is 0 Å². The molecule has 0 N–H and O–H groups in total. The molecule has 5 nitrogen and oxygen atoms in total. The van der Waals surface area contributed by atoms with Crippen LogP contribution in [-0.4, -0.2) is 53.9 Å². The average Bonchev–Trinajstić information content (AvgIpc) is 2.66. The molecular weight excluding hydrogens is 352 g/mol. The molecule has 0 saturated carbocycles. The quantitative estimate of drug-likeness (QED) is 0.773. The van der Waals surface area contributed by atoms with E-state index in [-0.39, 0.29) is 17.9 Å². The summed E-state index contributed by atoms with van der Waals surface area (Å²) in [5.41, 5.74) is 0.610. The van der Waals surface area contributed by atoms with Crippen molar-refractivity contribution in [2.75, 3.05) is 26.2 Å². The minimum Gasteiger partial charge on any atom is -0.491 e. The van der Waals surface area contributed by atoms with Crippen LogP contribution in [0, 0.1) is 5.92 Å². The zero-order valence-corrected chi connectivity index (χ0v) is 17.9. The topological polar surface area (TPSA) is 49.9 Å². The third-order valence-corrected chi connectivity index (χ3v) is 5.38. The van der Waals surface area contributed by atoms with Crippen molar-refractivity contribution in [1.29, 1.82) is 0 Å². The van der Waals surface area contributed by atoms with Gasteiger partial charge < -0.3 is 14.5 Å². The summed E-state index contributed by atoms with van der Waals surface area (Å²) in [7, 11) is 0. The summed E-state index contributed by atoms with van der Waals surface area (Å²) in [6, 6.07) is 7.49. The van der Waals surface area contributed by atoms with Crippen LogP contribution in [0.3, 0.4) is 0 Å². The maximum absolute atomic E-state index is 13.1. The Kier molecular flexibility index (Phi) is 8.81. The Bertz CT molecular complexity index is 644. The smallest absolute Gasteiger partial charge is 0.257 e. The standard InChI is InChI=1S/C23H36N2O3/c1-5-24-14-10-6-7-11-15-25(19(4)26)20(16-18(2)3)17-28-22-13-9-8-12-21(22)23(24)27/h8-9,12-13,18,20H,5-7,10-11,14-17H2,1-4H3/t20-/m0/s1. The monoisotopic (exact) mass is 388 g/mol. The van der Waals surface area contributed by atoms with Gasteiger partial charge in [0.1, 0.15) is 12.4 Å². The van der Waals surface area contributed by atoms with Gasteiger partial charge in [-0.1, -0.05) is 38.8 Å². The van der Waals surface area contributed by atoms with Crippen molar-refractivity contribution in [1.82, 2.24) is 9.80 Å². The molecule has 1 atom stereocenters. The fourth-order valence-corrected chi connectivity index (χ4v) is 3.89. The average molecular weight is 389 g/mol. The number of carbonyl (C=O) groups excluding carboxylic acids is 2. The first kappa shape index (κ1) is 22.3. The van der Waals surface area contributed by atoms with Gasteiger partial charge in [0, 0.05) is 26.6 Å². The highest BCUT2D eigenvalue weighted by Crippen LogP contribution is 2.23. The molecule has 0 aliphatic carbocycles. The van der Waals surface area contributed by atoms with Crippen LogP contribution in [-0.2, 0) is 4.79 Å². The normalized spacial score (nSPS) is 19.8. The number of nitrogens with zero attached hydrogens (tertiary/aromatic N) is 2. The molecule has 1 aliphatic rings. The first-order chi connectivity index (χ1) is 13.4. The zero-order chi connectivity index (χ0) is 20.5. The van der Waals surface area contributed by atoms with Gasteiger partial charge in [0.05, 0.1) is 11.6 Å². The third-order valence-electron chi connectivity index (χ3n) is 5.38. The number of ether oxygens (including phenoxy) is 1. The summed E-state index contributed by atoms with van der Waals surface area (Å²) in [6.45, 7) is 10.6. The van der Waals surface area contributed by atoms with E-state index in [1.807, 2.05) is 41.0 Å². The van der Waals surface area contributed by atoms with Crippen molar-refractivity contribution in [3.63, 3.8) is 0 Å². The molecule has 0 bridgehead atoms. The lowest BCUT2D eigenvalue weighted by molar-refractivity contribution is -0.132. The van der Waals surface area contributed by atoms with Crippen molar-refractivity contribution >= 4 is 11.8 Å². The Balaban J connectivity index is 2.31. The van der Waals surface area contributed by atoms with Gasteiger partial charge in [-0.25, -0.2) is 0 Å². The molecule has 0 unspecified atom stereocenters. The molecule has 5 heteroatoms. The number of benzene rings is 1. The van der Waals surface area contributed by atoms with E-state index >= 15 is 0 Å². The summed E-state index contributed by atoms with van der Waals surface area (Å²) in [5.74, 6) is 1.20. The van der Waals surface area contributed by atoms with Crippen LogP contribution >= 0.6 is 0 Å². The molecule has 1 aromatic carbocycles. The molecule has 2 amide bonds. The second-order valence-electron chi connectivity index (χ2n) is 8.10. The number of rotatable bonds is 3. The van der Waals surface area contributed by atoms with Gasteiger partial charge in [-0.05, 0) is 44.2 Å². The Morgan fingerprint density at radius 2 is 1.82 bits per heavy atom. The molecule has 1 aromatic rings. The first-order valence-corrected chi connectivity index (χ1v) is 10.7. The number of carbonyl (C=O) groups is 2. The Labute approximate surface area is 170 Å². The summed E-state index contributed by atoms with van der Waals surface area (Å²) in [5, 5.41) is 0. The van der Waals surface area contributed by atoms with E-state index < -0.39 is 0 Å². The summed E-state index contributed by atoms with van der Waals surface area (Å²) < 4.78 is 6.15. The number of hydrogen-bond donors (Lipinski definition) is 0. The molecule has 0 fully saturated rings. The molecule has 0 radical (unpaired) electrons. The van der Waals surface area contributed by atoms with Crippen molar-refractivity contribution in [2.24, 2.45) is 5.92 Å². The van der Waals surface area contributed by atoms with Crippen LogP contribution in [0.4, 0.5) is 0 Å². The van der Waals surface area contributed by atoms with Crippen LogP contribution < -0.4 is 4.74 Å². The van der Waals surface area contributed by atoms with Gasteiger partial charge in [0.25, 0.3) is 5.91 Å². The van der Waals surface area contributed by atoms with Crippen LogP contribution in [0.25, 0.3) is 0 Å². The number of amides is 2. The number of para-hydroxylation sites is 1. The zero-order valence-electron chi connectivity index (χ0n) is 17.9. The first-order valence-electron chi connectivity index (χ1n) is 10.7. The minimum absolute atomic E-state index is 0.0193. The van der Waals surface area contributed by atoms with E-state index in [4.69, 9.17) is 4.74 Å².